The summed E-state index contributed by atoms with van der Waals surface area (Å²) in [5, 5.41) is 4.26. The van der Waals surface area contributed by atoms with Crippen LogP contribution in [0, 0.1) is 12.8 Å². The van der Waals surface area contributed by atoms with Crippen molar-refractivity contribution < 1.29 is 9.53 Å². The quantitative estimate of drug-likeness (QED) is 0.927. The summed E-state index contributed by atoms with van der Waals surface area (Å²) in [5.41, 5.74) is 0. The number of anilines is 1. The van der Waals surface area contributed by atoms with Crippen molar-refractivity contribution >= 4 is 22.4 Å². The maximum Gasteiger partial charge on any atom is 0.225 e. The van der Waals surface area contributed by atoms with E-state index in [-0.39, 0.29) is 11.8 Å². The van der Waals surface area contributed by atoms with E-state index in [1.165, 1.54) is 4.88 Å². The number of nitrogens with zero attached hydrogens (tertiary/aromatic N) is 2. The summed E-state index contributed by atoms with van der Waals surface area (Å²) < 4.78 is 5.34. The van der Waals surface area contributed by atoms with E-state index in [4.69, 9.17) is 4.74 Å². The Morgan fingerprint density at radius 2 is 2.24 bits per heavy atom. The van der Waals surface area contributed by atoms with Crippen molar-refractivity contribution in [2.24, 2.45) is 5.92 Å². The molecule has 116 valence electrons. The molecule has 21 heavy (non-hydrogen) atoms. The number of ether oxygens (including phenoxy) is 1. The van der Waals surface area contributed by atoms with E-state index in [0.29, 0.717) is 6.04 Å². The molecule has 1 N–H and O–H groups in total. The Balaban J connectivity index is 1.56. The zero-order valence-corrected chi connectivity index (χ0v) is 13.3. The average molecular weight is 309 g/mol. The van der Waals surface area contributed by atoms with Gasteiger partial charge in [0.25, 0.3) is 0 Å². The highest BCUT2D eigenvalue weighted by molar-refractivity contribution is 7.15. The minimum Gasteiger partial charge on any atom is -0.381 e. The first-order valence-corrected chi connectivity index (χ1v) is 8.59. The highest BCUT2D eigenvalue weighted by Crippen LogP contribution is 2.27. The molecule has 1 aromatic heterocycles. The maximum atomic E-state index is 12.5. The van der Waals surface area contributed by atoms with E-state index in [9.17, 15) is 4.79 Å². The number of rotatable bonds is 3. The summed E-state index contributed by atoms with van der Waals surface area (Å²) in [6, 6.07) is 0.295. The molecule has 3 rings (SSSR count). The van der Waals surface area contributed by atoms with E-state index in [0.717, 1.165) is 57.1 Å². The van der Waals surface area contributed by atoms with Crippen molar-refractivity contribution in [3.8, 4) is 0 Å². The molecule has 1 atom stereocenters. The predicted molar refractivity (Wildman–Crippen MR) is 83.8 cm³/mol. The van der Waals surface area contributed by atoms with Crippen molar-refractivity contribution in [1.29, 1.82) is 0 Å². The highest BCUT2D eigenvalue weighted by Gasteiger charge is 2.28. The number of aromatic nitrogens is 1. The molecule has 2 fully saturated rings. The lowest BCUT2D eigenvalue weighted by atomic mass is 9.96. The third kappa shape index (κ3) is 3.74. The Hall–Kier alpha value is -1.14. The summed E-state index contributed by atoms with van der Waals surface area (Å²) in [7, 11) is 0. The molecule has 1 aromatic rings. The van der Waals surface area contributed by atoms with E-state index in [2.05, 4.69) is 22.1 Å². The molecule has 3 heterocycles. The molecule has 2 aliphatic rings. The van der Waals surface area contributed by atoms with Crippen molar-refractivity contribution in [3.05, 3.63) is 11.1 Å². The van der Waals surface area contributed by atoms with Gasteiger partial charge in [-0.2, -0.15) is 0 Å². The van der Waals surface area contributed by atoms with Gasteiger partial charge in [0.2, 0.25) is 5.91 Å². The third-order valence-electron chi connectivity index (χ3n) is 4.24. The molecule has 2 saturated heterocycles. The van der Waals surface area contributed by atoms with Gasteiger partial charge in [0.1, 0.15) is 0 Å². The standard InChI is InChI=1S/C15H23N3O2S/c1-11-9-16-15(21-11)18-6-2-3-12(10-18)14(19)17-13-4-7-20-8-5-13/h9,12-13H,2-8,10H2,1H3,(H,17,19). The van der Waals surface area contributed by atoms with Gasteiger partial charge in [-0.3, -0.25) is 4.79 Å². The minimum absolute atomic E-state index is 0.0887. The first-order chi connectivity index (χ1) is 10.2. The zero-order chi connectivity index (χ0) is 14.7. The van der Waals surface area contributed by atoms with Gasteiger partial charge in [0, 0.05) is 43.4 Å². The largest absolute Gasteiger partial charge is 0.381 e. The Morgan fingerprint density at radius 1 is 1.43 bits per heavy atom. The van der Waals surface area contributed by atoms with Crippen molar-refractivity contribution in [3.63, 3.8) is 0 Å². The van der Waals surface area contributed by atoms with Crippen molar-refractivity contribution in [1.82, 2.24) is 10.3 Å². The number of hydrogen-bond acceptors (Lipinski definition) is 5. The van der Waals surface area contributed by atoms with Gasteiger partial charge in [-0.15, -0.1) is 11.3 Å². The molecule has 0 spiro atoms. The Kier molecular flexibility index (Phi) is 4.75. The molecule has 1 unspecified atom stereocenters. The van der Waals surface area contributed by atoms with Crippen LogP contribution in [0.4, 0.5) is 5.13 Å². The van der Waals surface area contributed by atoms with Gasteiger partial charge in [-0.05, 0) is 32.6 Å². The Bertz CT molecular complexity index is 485. The normalized spacial score (nSPS) is 24.0. The molecule has 5 nitrogen and oxygen atoms in total. The van der Waals surface area contributed by atoms with Crippen LogP contribution in [0.2, 0.25) is 0 Å². The fourth-order valence-electron chi connectivity index (χ4n) is 3.01. The zero-order valence-electron chi connectivity index (χ0n) is 12.5. The predicted octanol–water partition coefficient (Wildman–Crippen LogP) is 1.96. The second kappa shape index (κ2) is 6.75. The molecule has 6 heteroatoms. The van der Waals surface area contributed by atoms with Gasteiger partial charge >= 0.3 is 0 Å². The van der Waals surface area contributed by atoms with Gasteiger partial charge in [0.15, 0.2) is 5.13 Å². The molecule has 0 radical (unpaired) electrons. The van der Waals surface area contributed by atoms with Crippen LogP contribution >= 0.6 is 11.3 Å². The van der Waals surface area contributed by atoms with Gasteiger partial charge in [-0.1, -0.05) is 0 Å². The van der Waals surface area contributed by atoms with Crippen LogP contribution in [0.15, 0.2) is 6.20 Å². The van der Waals surface area contributed by atoms with Crippen LogP contribution < -0.4 is 10.2 Å². The third-order valence-corrected chi connectivity index (χ3v) is 5.21. The highest BCUT2D eigenvalue weighted by atomic mass is 32.1. The fraction of sp³-hybridized carbons (Fsp3) is 0.733. The average Bonchev–Trinajstić information content (AvgIpc) is 2.95. The van der Waals surface area contributed by atoms with Crippen LogP contribution in [0.25, 0.3) is 0 Å². The summed E-state index contributed by atoms with van der Waals surface area (Å²) >= 11 is 1.71. The number of carbonyl (C=O) groups is 1. The van der Waals surface area contributed by atoms with Crippen LogP contribution in [-0.2, 0) is 9.53 Å². The first kappa shape index (κ1) is 14.8. The van der Waals surface area contributed by atoms with E-state index in [1.807, 2.05) is 6.20 Å². The molecule has 0 bridgehead atoms. The Morgan fingerprint density at radius 3 is 2.95 bits per heavy atom. The van der Waals surface area contributed by atoms with Crippen molar-refractivity contribution in [2.75, 3.05) is 31.2 Å². The van der Waals surface area contributed by atoms with Crippen molar-refractivity contribution in [2.45, 2.75) is 38.6 Å². The van der Waals surface area contributed by atoms with E-state index >= 15 is 0 Å². The molecular weight excluding hydrogens is 286 g/mol. The van der Waals surface area contributed by atoms with E-state index in [1.54, 1.807) is 11.3 Å². The first-order valence-electron chi connectivity index (χ1n) is 7.78. The topological polar surface area (TPSA) is 54.5 Å². The molecule has 0 aliphatic carbocycles. The number of carbonyl (C=O) groups excluding carboxylic acids is 1. The number of hydrogen-bond donors (Lipinski definition) is 1. The summed E-state index contributed by atoms with van der Waals surface area (Å²) in [6.45, 7) is 5.40. The monoisotopic (exact) mass is 309 g/mol. The van der Waals surface area contributed by atoms with Crippen LogP contribution in [0.3, 0.4) is 0 Å². The molecular formula is C15H23N3O2S. The molecule has 0 saturated carbocycles. The lowest BCUT2D eigenvalue weighted by molar-refractivity contribution is -0.126. The summed E-state index contributed by atoms with van der Waals surface area (Å²) in [5.74, 6) is 0.297. The van der Waals surface area contributed by atoms with Gasteiger partial charge in [0.05, 0.1) is 5.92 Å². The van der Waals surface area contributed by atoms with Gasteiger partial charge in [-0.25, -0.2) is 4.98 Å². The SMILES string of the molecule is Cc1cnc(N2CCCC(C(=O)NC3CCOCC3)C2)s1. The maximum absolute atomic E-state index is 12.5. The van der Waals surface area contributed by atoms with Crippen LogP contribution in [-0.4, -0.2) is 43.2 Å². The lowest BCUT2D eigenvalue weighted by Crippen LogP contribution is -2.47. The number of aryl methyl sites for hydroxylation is 1. The number of piperidine rings is 1. The van der Waals surface area contributed by atoms with Gasteiger partial charge < -0.3 is 15.0 Å². The number of thiazole rings is 1. The lowest BCUT2D eigenvalue weighted by Gasteiger charge is -2.33. The second-order valence-corrected chi connectivity index (χ2v) is 7.15. The smallest absolute Gasteiger partial charge is 0.225 e. The Labute approximate surface area is 129 Å². The second-order valence-electron chi connectivity index (χ2n) is 5.93. The summed E-state index contributed by atoms with van der Waals surface area (Å²) in [4.78, 5) is 20.4. The molecule has 0 aromatic carbocycles. The molecule has 1 amide bonds. The summed E-state index contributed by atoms with van der Waals surface area (Å²) in [6.07, 6.45) is 5.83. The number of amides is 1. The fourth-order valence-corrected chi connectivity index (χ4v) is 3.81. The molecule has 2 aliphatic heterocycles. The minimum atomic E-state index is 0.0887. The number of nitrogens with one attached hydrogen (secondary N) is 1. The van der Waals surface area contributed by atoms with Crippen LogP contribution in [0.5, 0.6) is 0 Å². The van der Waals surface area contributed by atoms with Crippen LogP contribution in [0.1, 0.15) is 30.6 Å². The van der Waals surface area contributed by atoms with E-state index < -0.39 is 0 Å².